The van der Waals surface area contributed by atoms with Crippen molar-refractivity contribution in [3.05, 3.63) is 70.9 Å². The van der Waals surface area contributed by atoms with Gasteiger partial charge in [0, 0.05) is 34.2 Å². The molecule has 1 unspecified atom stereocenters. The van der Waals surface area contributed by atoms with E-state index >= 15 is 0 Å². The molecule has 3 rings (SSSR count). The second kappa shape index (κ2) is 11.6. The van der Waals surface area contributed by atoms with Gasteiger partial charge >= 0.3 is 12.0 Å². The van der Waals surface area contributed by atoms with E-state index in [1.165, 1.54) is 4.90 Å². The van der Waals surface area contributed by atoms with E-state index < -0.39 is 17.5 Å². The highest BCUT2D eigenvalue weighted by Gasteiger charge is 2.28. The molecule has 0 bridgehead atoms. The molecule has 0 spiro atoms. The molecule has 0 radical (unpaired) electrons. The number of ether oxygens (including phenoxy) is 1. The quantitative estimate of drug-likeness (QED) is 0.319. The lowest BCUT2D eigenvalue weighted by Crippen LogP contribution is -2.40. The summed E-state index contributed by atoms with van der Waals surface area (Å²) in [4.78, 5) is 30.3. The molecule has 2 aromatic carbocycles. The van der Waals surface area contributed by atoms with Gasteiger partial charge in [0.05, 0.1) is 18.1 Å². The highest BCUT2D eigenvalue weighted by Crippen LogP contribution is 2.29. The molecule has 3 aromatic rings. The van der Waals surface area contributed by atoms with Crippen LogP contribution < -0.4 is 15.0 Å². The summed E-state index contributed by atoms with van der Waals surface area (Å²) in [6.07, 6.45) is 0.917. The van der Waals surface area contributed by atoms with Crippen LogP contribution >= 0.6 is 11.6 Å². The van der Waals surface area contributed by atoms with Crippen LogP contribution in [0.5, 0.6) is 5.88 Å². The van der Waals surface area contributed by atoms with Crippen LogP contribution in [0.2, 0.25) is 5.02 Å². The number of nitrogens with one attached hydrogen (secondary N) is 1. The third-order valence-corrected chi connectivity index (χ3v) is 6.07. The van der Waals surface area contributed by atoms with Crippen molar-refractivity contribution in [1.82, 2.24) is 4.98 Å². The van der Waals surface area contributed by atoms with Crippen LogP contribution in [0.25, 0.3) is 11.1 Å². The first kappa shape index (κ1) is 28.0. The number of carbonyl (C=O) groups excluding carboxylic acids is 1. The summed E-state index contributed by atoms with van der Waals surface area (Å²) in [6.45, 7) is 8.67. The lowest BCUT2D eigenvalue weighted by atomic mass is 9.95. The summed E-state index contributed by atoms with van der Waals surface area (Å²) in [5.74, 6) is -0.606. The first-order chi connectivity index (χ1) is 17.4. The topological polar surface area (TPSA) is 112 Å². The minimum Gasteiger partial charge on any atom is -0.481 e. The van der Waals surface area contributed by atoms with E-state index in [1.807, 2.05) is 38.1 Å². The Balaban J connectivity index is 1.80. The fourth-order valence-electron chi connectivity index (χ4n) is 3.60. The first-order valence-corrected chi connectivity index (χ1v) is 12.2. The number of halogens is 1. The van der Waals surface area contributed by atoms with Gasteiger partial charge < -0.3 is 20.3 Å². The van der Waals surface area contributed by atoms with Crippen molar-refractivity contribution in [3.8, 4) is 17.0 Å². The summed E-state index contributed by atoms with van der Waals surface area (Å²) in [5, 5.41) is 22.8. The number of nitrogens with zero attached hydrogens (tertiary/aromatic N) is 2. The van der Waals surface area contributed by atoms with Gasteiger partial charge in [-0.05, 0) is 87.7 Å². The Morgan fingerprint density at radius 1 is 1.08 bits per heavy atom. The summed E-state index contributed by atoms with van der Waals surface area (Å²) in [7, 11) is 0. The zero-order valence-corrected chi connectivity index (χ0v) is 22.3. The van der Waals surface area contributed by atoms with Gasteiger partial charge in [0.1, 0.15) is 6.61 Å². The number of amides is 2. The molecule has 3 N–H and O–H groups in total. The van der Waals surface area contributed by atoms with Gasteiger partial charge in [0.2, 0.25) is 5.88 Å². The summed E-state index contributed by atoms with van der Waals surface area (Å²) < 4.78 is 5.55. The van der Waals surface area contributed by atoms with Crippen molar-refractivity contribution in [2.24, 2.45) is 5.41 Å². The van der Waals surface area contributed by atoms with E-state index in [1.54, 1.807) is 51.2 Å². The number of hydrogen-bond donors (Lipinski definition) is 3. The van der Waals surface area contributed by atoms with Crippen LogP contribution in [0.3, 0.4) is 0 Å². The van der Waals surface area contributed by atoms with Crippen LogP contribution in [0.15, 0.2) is 54.7 Å². The number of pyridine rings is 1. The average Bonchev–Trinajstić information content (AvgIpc) is 2.83. The second-order valence-corrected chi connectivity index (χ2v) is 10.1. The number of carboxylic acid groups (broad SMARTS) is 1. The molecule has 8 nitrogen and oxygen atoms in total. The molecular formula is C28H32ClN3O5. The molecule has 0 aliphatic heterocycles. The van der Waals surface area contributed by atoms with Gasteiger partial charge in [-0.3, -0.25) is 9.69 Å². The number of carbonyl (C=O) groups is 2. The van der Waals surface area contributed by atoms with Crippen molar-refractivity contribution < 1.29 is 24.5 Å². The first-order valence-electron chi connectivity index (χ1n) is 11.8. The largest absolute Gasteiger partial charge is 0.481 e. The van der Waals surface area contributed by atoms with Gasteiger partial charge in [-0.2, -0.15) is 0 Å². The Morgan fingerprint density at radius 3 is 2.35 bits per heavy atom. The van der Waals surface area contributed by atoms with Gasteiger partial charge in [0.25, 0.3) is 0 Å². The maximum Gasteiger partial charge on any atom is 0.326 e. The standard InChI is InChI=1S/C28H32ClN3O5/c1-17-13-22(29)8-9-23(17)31-27(36)32(15-19(3)33)24-10-6-20(12-18(24)2)21-7-11-25(30-14-21)37-16-28(4,5)26(34)35/h6-14,19,33H,15-16H2,1-5H3,(H,31,36)(H,34,35). The maximum atomic E-state index is 13.2. The lowest BCUT2D eigenvalue weighted by Gasteiger charge is -2.27. The Morgan fingerprint density at radius 2 is 1.78 bits per heavy atom. The Kier molecular flexibility index (Phi) is 8.78. The van der Waals surface area contributed by atoms with Gasteiger partial charge in [-0.25, -0.2) is 9.78 Å². The minimum absolute atomic E-state index is 0.000785. The number of carboxylic acids is 1. The van der Waals surface area contributed by atoms with Crippen LogP contribution in [-0.4, -0.2) is 46.5 Å². The number of rotatable bonds is 9. The van der Waals surface area contributed by atoms with Crippen LogP contribution in [0.1, 0.15) is 31.9 Å². The number of benzene rings is 2. The summed E-state index contributed by atoms with van der Waals surface area (Å²) >= 11 is 6.03. The molecular weight excluding hydrogens is 494 g/mol. The zero-order chi connectivity index (χ0) is 27.3. The molecule has 0 aliphatic carbocycles. The second-order valence-electron chi connectivity index (χ2n) is 9.71. The molecule has 196 valence electrons. The number of anilines is 2. The van der Waals surface area contributed by atoms with E-state index in [-0.39, 0.29) is 19.2 Å². The summed E-state index contributed by atoms with van der Waals surface area (Å²) in [5.41, 5.74) is 3.67. The van der Waals surface area contributed by atoms with Crippen molar-refractivity contribution in [2.45, 2.75) is 40.7 Å². The molecule has 1 atom stereocenters. The number of aliphatic hydroxyl groups is 1. The number of aliphatic hydroxyl groups excluding tert-OH is 1. The average molecular weight is 526 g/mol. The number of aliphatic carboxylic acids is 1. The van der Waals surface area contributed by atoms with E-state index in [0.29, 0.717) is 22.3 Å². The van der Waals surface area contributed by atoms with Gasteiger partial charge in [0.15, 0.2) is 0 Å². The number of hydrogen-bond acceptors (Lipinski definition) is 5. The van der Waals surface area contributed by atoms with E-state index in [9.17, 15) is 19.8 Å². The molecule has 9 heteroatoms. The van der Waals surface area contributed by atoms with Crippen molar-refractivity contribution in [3.63, 3.8) is 0 Å². The molecule has 2 amide bonds. The van der Waals surface area contributed by atoms with E-state index in [4.69, 9.17) is 16.3 Å². The van der Waals surface area contributed by atoms with Crippen molar-refractivity contribution >= 4 is 35.0 Å². The highest BCUT2D eigenvalue weighted by atomic mass is 35.5. The number of urea groups is 1. The lowest BCUT2D eigenvalue weighted by molar-refractivity contribution is -0.148. The molecule has 1 heterocycles. The molecule has 0 aliphatic rings. The summed E-state index contributed by atoms with van der Waals surface area (Å²) in [6, 6.07) is 14.0. The van der Waals surface area contributed by atoms with Crippen molar-refractivity contribution in [1.29, 1.82) is 0 Å². The van der Waals surface area contributed by atoms with E-state index in [2.05, 4.69) is 10.3 Å². The number of aromatic nitrogens is 1. The molecule has 1 aromatic heterocycles. The van der Waals surface area contributed by atoms with Crippen LogP contribution in [0.4, 0.5) is 16.2 Å². The van der Waals surface area contributed by atoms with Gasteiger partial charge in [-0.1, -0.05) is 17.7 Å². The molecule has 37 heavy (non-hydrogen) atoms. The highest BCUT2D eigenvalue weighted by molar-refractivity contribution is 6.30. The Labute approximate surface area is 221 Å². The Hall–Kier alpha value is -3.62. The smallest absolute Gasteiger partial charge is 0.326 e. The predicted octanol–water partition coefficient (Wildman–Crippen LogP) is 5.93. The maximum absolute atomic E-state index is 13.2. The molecule has 0 saturated heterocycles. The fraction of sp³-hybridized carbons (Fsp3) is 0.321. The van der Waals surface area contributed by atoms with E-state index in [0.717, 1.165) is 22.3 Å². The molecule has 0 fully saturated rings. The van der Waals surface area contributed by atoms with Crippen LogP contribution in [-0.2, 0) is 4.79 Å². The van der Waals surface area contributed by atoms with Crippen molar-refractivity contribution in [2.75, 3.05) is 23.4 Å². The SMILES string of the molecule is Cc1cc(Cl)ccc1NC(=O)N(CC(C)O)c1ccc(-c2ccc(OCC(C)(C)C(=O)O)nc2)cc1C. The fourth-order valence-corrected chi connectivity index (χ4v) is 3.82. The van der Waals surface area contributed by atoms with Gasteiger partial charge in [-0.15, -0.1) is 0 Å². The zero-order valence-electron chi connectivity index (χ0n) is 21.6. The third-order valence-electron chi connectivity index (χ3n) is 5.84. The minimum atomic E-state index is -1.02. The predicted molar refractivity (Wildman–Crippen MR) is 146 cm³/mol. The monoisotopic (exact) mass is 525 g/mol. The Bertz CT molecular complexity index is 1280. The normalized spacial score (nSPS) is 12.1. The van der Waals surface area contributed by atoms with Crippen LogP contribution in [0, 0.1) is 19.3 Å². The molecule has 0 saturated carbocycles. The third kappa shape index (κ3) is 7.21. The number of aryl methyl sites for hydroxylation is 2.